The number of unbranched alkanes of at least 4 members (excludes halogenated alkanes) is 7. The van der Waals surface area contributed by atoms with Crippen LogP contribution in [0.5, 0.6) is 0 Å². The van der Waals surface area contributed by atoms with E-state index in [0.717, 1.165) is 18.7 Å². The van der Waals surface area contributed by atoms with Crippen LogP contribution in [-0.2, 0) is 9.47 Å². The van der Waals surface area contributed by atoms with Gasteiger partial charge in [0.2, 0.25) is 0 Å². The lowest BCUT2D eigenvalue weighted by molar-refractivity contribution is 0.0967. The number of hydrogen-bond acceptors (Lipinski definition) is 6. The number of rotatable bonds is 15. The van der Waals surface area contributed by atoms with Crippen molar-refractivity contribution >= 4 is 11.8 Å². The Morgan fingerprint density at radius 2 is 1.79 bits per heavy atom. The minimum atomic E-state index is -0.909. The molecule has 2 N–H and O–H groups in total. The van der Waals surface area contributed by atoms with E-state index in [9.17, 15) is 10.2 Å². The van der Waals surface area contributed by atoms with Gasteiger partial charge < -0.3 is 19.7 Å². The molecule has 6 heteroatoms. The van der Waals surface area contributed by atoms with Gasteiger partial charge in [-0.05, 0) is 19.3 Å². The second-order valence-electron chi connectivity index (χ2n) is 7.92. The number of allylic oxidation sites excluding steroid dienone is 2. The average Bonchev–Trinajstić information content (AvgIpc) is 3.38. The fourth-order valence-electron chi connectivity index (χ4n) is 3.51. The molecule has 0 saturated heterocycles. The average molecular weight is 395 g/mol. The summed E-state index contributed by atoms with van der Waals surface area (Å²) in [5.41, 5.74) is -0.909. The van der Waals surface area contributed by atoms with E-state index in [1.807, 2.05) is 0 Å². The summed E-state index contributed by atoms with van der Waals surface area (Å²) in [7, 11) is 0. The van der Waals surface area contributed by atoms with Crippen LogP contribution in [0, 0.1) is 5.92 Å². The molecule has 0 radical (unpaired) electrons. The minimum absolute atomic E-state index is 0.0297. The molecule has 0 aromatic rings. The first-order valence-electron chi connectivity index (χ1n) is 11.0. The third-order valence-electron chi connectivity index (χ3n) is 5.40. The fourth-order valence-corrected chi connectivity index (χ4v) is 3.51. The number of aliphatic imine (C=N–C) groups is 2. The third-order valence-corrected chi connectivity index (χ3v) is 5.40. The van der Waals surface area contributed by atoms with Crippen molar-refractivity contribution in [3.8, 4) is 0 Å². The van der Waals surface area contributed by atoms with Crippen molar-refractivity contribution in [2.75, 3.05) is 33.0 Å². The molecule has 6 nitrogen and oxygen atoms in total. The highest BCUT2D eigenvalue weighted by atomic mass is 16.5. The quantitative estimate of drug-likeness (QED) is 0.328. The van der Waals surface area contributed by atoms with Crippen molar-refractivity contribution in [3.05, 3.63) is 12.2 Å². The van der Waals surface area contributed by atoms with Crippen LogP contribution in [0.3, 0.4) is 0 Å². The maximum absolute atomic E-state index is 9.56. The maximum Gasteiger partial charge on any atom is 0.188 e. The van der Waals surface area contributed by atoms with Crippen molar-refractivity contribution in [1.82, 2.24) is 0 Å². The first kappa shape index (κ1) is 22.9. The third kappa shape index (κ3) is 7.55. The van der Waals surface area contributed by atoms with Gasteiger partial charge in [-0.1, -0.05) is 57.6 Å². The van der Waals surface area contributed by atoms with Crippen molar-refractivity contribution in [3.63, 3.8) is 0 Å². The molecule has 160 valence electrons. The van der Waals surface area contributed by atoms with Gasteiger partial charge in [-0.15, -0.1) is 0 Å². The second-order valence-corrected chi connectivity index (χ2v) is 7.92. The number of aliphatic hydroxyl groups is 2. The lowest BCUT2D eigenvalue weighted by Gasteiger charge is -2.16. The zero-order valence-electron chi connectivity index (χ0n) is 17.4. The van der Waals surface area contributed by atoms with Crippen LogP contribution >= 0.6 is 0 Å². The summed E-state index contributed by atoms with van der Waals surface area (Å²) in [6.45, 7) is 3.39. The topological polar surface area (TPSA) is 83.6 Å². The molecule has 0 spiro atoms. The monoisotopic (exact) mass is 394 g/mol. The molecule has 0 aliphatic carbocycles. The number of nitrogens with zero attached hydrogens (tertiary/aromatic N) is 2. The molecular weight excluding hydrogens is 356 g/mol. The molecule has 0 amide bonds. The van der Waals surface area contributed by atoms with Crippen LogP contribution in [0.25, 0.3) is 0 Å². The lowest BCUT2D eigenvalue weighted by Crippen LogP contribution is -2.37. The Kier molecular flexibility index (Phi) is 10.6. The standard InChI is InChI=1S/C22H38N2O4/c1-2-3-4-5-6-7-8-9-10-11-12-19(15-20-23-13-14-27-20)21-24-22(16-25,17-26)18-28-21/h10-11,19,25-26H,2-9,12-18H2,1H3/b11-10+/t19-/m0/s1. The van der Waals surface area contributed by atoms with Gasteiger partial charge in [-0.2, -0.15) is 0 Å². The minimum Gasteiger partial charge on any atom is -0.479 e. The molecule has 1 atom stereocenters. The van der Waals surface area contributed by atoms with Gasteiger partial charge in [-0.25, -0.2) is 4.99 Å². The van der Waals surface area contributed by atoms with Crippen LogP contribution in [0.15, 0.2) is 22.1 Å². The molecule has 0 unspecified atom stereocenters. The highest BCUT2D eigenvalue weighted by molar-refractivity contribution is 5.87. The predicted molar refractivity (Wildman–Crippen MR) is 113 cm³/mol. The van der Waals surface area contributed by atoms with Gasteiger partial charge in [-0.3, -0.25) is 4.99 Å². The van der Waals surface area contributed by atoms with E-state index in [1.165, 1.54) is 44.9 Å². The van der Waals surface area contributed by atoms with E-state index >= 15 is 0 Å². The molecule has 2 aliphatic heterocycles. The van der Waals surface area contributed by atoms with E-state index in [4.69, 9.17) is 9.47 Å². The highest BCUT2D eigenvalue weighted by Crippen LogP contribution is 2.26. The van der Waals surface area contributed by atoms with Crippen molar-refractivity contribution < 1.29 is 19.7 Å². The molecule has 2 heterocycles. The van der Waals surface area contributed by atoms with E-state index in [-0.39, 0.29) is 25.7 Å². The van der Waals surface area contributed by atoms with Crippen LogP contribution in [-0.4, -0.2) is 60.5 Å². The Morgan fingerprint density at radius 3 is 2.43 bits per heavy atom. The summed E-state index contributed by atoms with van der Waals surface area (Å²) in [5.74, 6) is 1.38. The Labute approximate surface area is 169 Å². The smallest absolute Gasteiger partial charge is 0.188 e. The van der Waals surface area contributed by atoms with Gasteiger partial charge in [0.05, 0.1) is 19.8 Å². The zero-order valence-corrected chi connectivity index (χ0v) is 17.4. The molecule has 0 aromatic carbocycles. The van der Waals surface area contributed by atoms with Crippen molar-refractivity contribution in [2.45, 2.75) is 76.7 Å². The first-order chi connectivity index (χ1) is 13.7. The normalized spacial score (nSPS) is 19.4. The highest BCUT2D eigenvalue weighted by Gasteiger charge is 2.38. The van der Waals surface area contributed by atoms with Crippen LogP contribution in [0.4, 0.5) is 0 Å². The molecule has 2 rings (SSSR count). The Morgan fingerprint density at radius 1 is 1.04 bits per heavy atom. The fraction of sp³-hybridized carbons (Fsp3) is 0.818. The van der Waals surface area contributed by atoms with Crippen molar-refractivity contribution in [2.24, 2.45) is 15.9 Å². The van der Waals surface area contributed by atoms with Gasteiger partial charge in [0.1, 0.15) is 18.8 Å². The summed E-state index contributed by atoms with van der Waals surface area (Å²) in [4.78, 5) is 8.90. The van der Waals surface area contributed by atoms with Crippen LogP contribution < -0.4 is 0 Å². The Hall–Kier alpha value is -1.40. The number of hydrogen-bond donors (Lipinski definition) is 2. The zero-order chi connectivity index (χ0) is 20.1. The lowest BCUT2D eigenvalue weighted by atomic mass is 9.99. The molecule has 0 fully saturated rings. The maximum atomic E-state index is 9.56. The van der Waals surface area contributed by atoms with Crippen molar-refractivity contribution in [1.29, 1.82) is 0 Å². The number of ether oxygens (including phenoxy) is 2. The molecule has 28 heavy (non-hydrogen) atoms. The molecule has 2 aliphatic rings. The van der Waals surface area contributed by atoms with E-state index in [1.54, 1.807) is 0 Å². The Balaban J connectivity index is 1.78. The van der Waals surface area contributed by atoms with Crippen LogP contribution in [0.1, 0.15) is 71.1 Å². The second kappa shape index (κ2) is 12.9. The summed E-state index contributed by atoms with van der Waals surface area (Å²) in [6, 6.07) is 0. The van der Waals surface area contributed by atoms with Crippen LogP contribution in [0.2, 0.25) is 0 Å². The molecule has 0 bridgehead atoms. The van der Waals surface area contributed by atoms with Gasteiger partial charge in [0.15, 0.2) is 11.8 Å². The van der Waals surface area contributed by atoms with Gasteiger partial charge in [0.25, 0.3) is 0 Å². The largest absolute Gasteiger partial charge is 0.479 e. The number of aliphatic hydroxyl groups excluding tert-OH is 2. The molecule has 0 aromatic heterocycles. The predicted octanol–water partition coefficient (Wildman–Crippen LogP) is 3.66. The van der Waals surface area contributed by atoms with E-state index in [0.29, 0.717) is 25.5 Å². The van der Waals surface area contributed by atoms with Gasteiger partial charge in [0, 0.05) is 12.3 Å². The Bertz CT molecular complexity index is 527. The summed E-state index contributed by atoms with van der Waals surface area (Å²) >= 11 is 0. The summed E-state index contributed by atoms with van der Waals surface area (Å²) < 4.78 is 11.3. The van der Waals surface area contributed by atoms with Gasteiger partial charge >= 0.3 is 0 Å². The molecule has 0 saturated carbocycles. The SMILES string of the molecule is CCCCCCCCC/C=C/C[C@@H](CC1=NCCO1)C1=NC(CO)(CO)CO1. The summed E-state index contributed by atoms with van der Waals surface area (Å²) in [5, 5.41) is 19.1. The summed E-state index contributed by atoms with van der Waals surface area (Å²) in [6.07, 6.45) is 16.2. The van der Waals surface area contributed by atoms with E-state index < -0.39 is 5.54 Å². The van der Waals surface area contributed by atoms with E-state index in [2.05, 4.69) is 29.1 Å². The molecular formula is C22H38N2O4. The first-order valence-corrected chi connectivity index (χ1v) is 11.0.